The zero-order valence-electron chi connectivity index (χ0n) is 6.71. The normalized spacial score (nSPS) is 26.4. The third-order valence-electron chi connectivity index (χ3n) is 1.81. The molecule has 2 N–H and O–H groups in total. The Bertz CT molecular complexity index is 149. The number of β-amino-alcohol motifs (C(OH)–C–C–N with tert-alkyl or cyclic N) is 1. The van der Waals surface area contributed by atoms with Gasteiger partial charge in [0.15, 0.2) is 0 Å². The molecule has 0 aromatic rings. The second-order valence-electron chi connectivity index (χ2n) is 2.82. The molecule has 4 nitrogen and oxygen atoms in total. The molecule has 1 atom stereocenters. The van der Waals surface area contributed by atoms with Crippen LogP contribution in [0.4, 0.5) is 0 Å². The molecule has 1 amide bonds. The summed E-state index contributed by atoms with van der Waals surface area (Å²) in [5.74, 6) is 0.0350. The van der Waals surface area contributed by atoms with E-state index in [1.165, 1.54) is 6.92 Å². The molecule has 0 unspecified atom stereocenters. The fraction of sp³-hybridized carbons (Fsp3) is 0.857. The predicted molar refractivity (Wildman–Crippen MR) is 41.1 cm³/mol. The number of aliphatic hydroxyl groups excluding tert-OH is 1. The van der Waals surface area contributed by atoms with Crippen LogP contribution in [0, 0.1) is 0 Å². The van der Waals surface area contributed by atoms with Gasteiger partial charge in [-0.1, -0.05) is 0 Å². The molecule has 0 radical (unpaired) electrons. The van der Waals surface area contributed by atoms with E-state index >= 15 is 0 Å². The van der Waals surface area contributed by atoms with E-state index in [9.17, 15) is 9.90 Å². The first kappa shape index (κ1) is 8.49. The topological polar surface area (TPSA) is 52.6 Å². The van der Waals surface area contributed by atoms with E-state index in [0.29, 0.717) is 19.6 Å². The second-order valence-corrected chi connectivity index (χ2v) is 2.82. The Morgan fingerprint density at radius 2 is 2.45 bits per heavy atom. The number of hydrogen-bond donors (Lipinski definition) is 2. The Hall–Kier alpha value is -0.610. The number of amides is 1. The van der Waals surface area contributed by atoms with Crippen LogP contribution in [0.15, 0.2) is 0 Å². The van der Waals surface area contributed by atoms with Crippen LogP contribution in [-0.2, 0) is 4.79 Å². The van der Waals surface area contributed by atoms with E-state index in [2.05, 4.69) is 5.32 Å². The highest BCUT2D eigenvalue weighted by molar-refractivity contribution is 5.73. The van der Waals surface area contributed by atoms with Crippen molar-refractivity contribution >= 4 is 5.91 Å². The summed E-state index contributed by atoms with van der Waals surface area (Å²) < 4.78 is 0. The van der Waals surface area contributed by atoms with Crippen molar-refractivity contribution in [3.63, 3.8) is 0 Å². The molecule has 1 aliphatic heterocycles. The first-order chi connectivity index (χ1) is 5.20. The average Bonchev–Trinajstić information content (AvgIpc) is 2.13. The molecule has 1 heterocycles. The number of aliphatic hydroxyl groups is 1. The molecular formula is C7H14N2O2. The third kappa shape index (κ3) is 2.48. The molecule has 0 aliphatic carbocycles. The van der Waals surface area contributed by atoms with Gasteiger partial charge in [0, 0.05) is 33.1 Å². The van der Waals surface area contributed by atoms with E-state index in [1.807, 2.05) is 0 Å². The summed E-state index contributed by atoms with van der Waals surface area (Å²) in [7, 11) is 0. The van der Waals surface area contributed by atoms with Crippen molar-refractivity contribution in [3.8, 4) is 0 Å². The van der Waals surface area contributed by atoms with Crippen LogP contribution >= 0.6 is 0 Å². The lowest BCUT2D eigenvalue weighted by Gasteiger charge is -2.19. The van der Waals surface area contributed by atoms with Gasteiger partial charge >= 0.3 is 0 Å². The Morgan fingerprint density at radius 3 is 3.09 bits per heavy atom. The Kier molecular flexibility index (Phi) is 2.84. The minimum atomic E-state index is -0.415. The van der Waals surface area contributed by atoms with Gasteiger partial charge in [-0.2, -0.15) is 0 Å². The Balaban J connectivity index is 2.45. The Morgan fingerprint density at radius 1 is 1.73 bits per heavy atom. The summed E-state index contributed by atoms with van der Waals surface area (Å²) >= 11 is 0. The largest absolute Gasteiger partial charge is 0.390 e. The molecule has 0 aromatic carbocycles. The SMILES string of the molecule is CC(=O)N1CCNC[C@@H](O)C1. The van der Waals surface area contributed by atoms with E-state index in [-0.39, 0.29) is 5.91 Å². The molecule has 1 fully saturated rings. The highest BCUT2D eigenvalue weighted by Gasteiger charge is 2.16. The average molecular weight is 158 g/mol. The van der Waals surface area contributed by atoms with Crippen LogP contribution in [0.25, 0.3) is 0 Å². The van der Waals surface area contributed by atoms with Crippen molar-refractivity contribution in [2.45, 2.75) is 13.0 Å². The summed E-state index contributed by atoms with van der Waals surface area (Å²) in [6.07, 6.45) is -0.415. The van der Waals surface area contributed by atoms with Crippen molar-refractivity contribution in [1.82, 2.24) is 10.2 Å². The summed E-state index contributed by atoms with van der Waals surface area (Å²) in [5, 5.41) is 12.3. The van der Waals surface area contributed by atoms with Crippen molar-refractivity contribution in [3.05, 3.63) is 0 Å². The second kappa shape index (κ2) is 3.69. The van der Waals surface area contributed by atoms with Crippen LogP contribution in [0.5, 0.6) is 0 Å². The van der Waals surface area contributed by atoms with Gasteiger partial charge in [-0.15, -0.1) is 0 Å². The van der Waals surface area contributed by atoms with Crippen molar-refractivity contribution in [2.24, 2.45) is 0 Å². The third-order valence-corrected chi connectivity index (χ3v) is 1.81. The summed E-state index contributed by atoms with van der Waals surface area (Å²) in [5.41, 5.74) is 0. The van der Waals surface area contributed by atoms with Crippen LogP contribution in [0.3, 0.4) is 0 Å². The number of carbonyl (C=O) groups is 1. The summed E-state index contributed by atoms with van der Waals surface area (Å²) in [6.45, 7) is 4.05. The number of nitrogens with zero attached hydrogens (tertiary/aromatic N) is 1. The number of nitrogens with one attached hydrogen (secondary N) is 1. The van der Waals surface area contributed by atoms with Crippen LogP contribution < -0.4 is 5.32 Å². The van der Waals surface area contributed by atoms with Gasteiger partial charge in [0.05, 0.1) is 6.10 Å². The maximum Gasteiger partial charge on any atom is 0.219 e. The lowest BCUT2D eigenvalue weighted by molar-refractivity contribution is -0.129. The van der Waals surface area contributed by atoms with E-state index in [4.69, 9.17) is 0 Å². The minimum Gasteiger partial charge on any atom is -0.390 e. The maximum absolute atomic E-state index is 10.9. The van der Waals surface area contributed by atoms with Crippen molar-refractivity contribution < 1.29 is 9.90 Å². The van der Waals surface area contributed by atoms with Crippen LogP contribution in [0.1, 0.15) is 6.92 Å². The molecule has 0 bridgehead atoms. The highest BCUT2D eigenvalue weighted by atomic mass is 16.3. The van der Waals surface area contributed by atoms with Crippen LogP contribution in [-0.4, -0.2) is 48.2 Å². The fourth-order valence-electron chi connectivity index (χ4n) is 1.18. The standard InChI is InChI=1S/C7H14N2O2/c1-6(10)9-3-2-8-4-7(11)5-9/h7-8,11H,2-5H2,1H3/t7-/m1/s1. The maximum atomic E-state index is 10.9. The van der Waals surface area contributed by atoms with Gasteiger partial charge in [0.2, 0.25) is 5.91 Å². The summed E-state index contributed by atoms with van der Waals surface area (Å²) in [4.78, 5) is 12.5. The zero-order valence-corrected chi connectivity index (χ0v) is 6.71. The lowest BCUT2D eigenvalue weighted by atomic mass is 10.3. The highest BCUT2D eigenvalue weighted by Crippen LogP contribution is 1.95. The van der Waals surface area contributed by atoms with E-state index in [0.717, 1.165) is 6.54 Å². The first-order valence-electron chi connectivity index (χ1n) is 3.84. The molecular weight excluding hydrogens is 144 g/mol. The van der Waals surface area contributed by atoms with Gasteiger partial charge < -0.3 is 15.3 Å². The zero-order chi connectivity index (χ0) is 8.27. The van der Waals surface area contributed by atoms with E-state index in [1.54, 1.807) is 4.90 Å². The monoisotopic (exact) mass is 158 g/mol. The molecule has 11 heavy (non-hydrogen) atoms. The van der Waals surface area contributed by atoms with Gasteiger partial charge in [0.1, 0.15) is 0 Å². The molecule has 1 rings (SSSR count). The van der Waals surface area contributed by atoms with Crippen molar-refractivity contribution in [1.29, 1.82) is 0 Å². The minimum absolute atomic E-state index is 0.0350. The van der Waals surface area contributed by atoms with E-state index < -0.39 is 6.10 Å². The molecule has 64 valence electrons. The van der Waals surface area contributed by atoms with Gasteiger partial charge in [-0.05, 0) is 0 Å². The molecule has 1 aliphatic rings. The number of carbonyl (C=O) groups excluding carboxylic acids is 1. The molecule has 0 saturated carbocycles. The summed E-state index contributed by atoms with van der Waals surface area (Å²) in [6, 6.07) is 0. The number of rotatable bonds is 0. The van der Waals surface area contributed by atoms with Gasteiger partial charge in [0.25, 0.3) is 0 Å². The number of hydrogen-bond acceptors (Lipinski definition) is 3. The molecule has 0 aromatic heterocycles. The molecule has 0 spiro atoms. The quantitative estimate of drug-likeness (QED) is 0.465. The van der Waals surface area contributed by atoms with Crippen molar-refractivity contribution in [2.75, 3.05) is 26.2 Å². The fourth-order valence-corrected chi connectivity index (χ4v) is 1.18. The predicted octanol–water partition coefficient (Wildman–Crippen LogP) is -1.20. The van der Waals surface area contributed by atoms with Crippen LogP contribution in [0.2, 0.25) is 0 Å². The Labute approximate surface area is 66.2 Å². The lowest BCUT2D eigenvalue weighted by Crippen LogP contribution is -2.36. The smallest absolute Gasteiger partial charge is 0.219 e. The van der Waals surface area contributed by atoms with Gasteiger partial charge in [-0.25, -0.2) is 0 Å². The van der Waals surface area contributed by atoms with Gasteiger partial charge in [-0.3, -0.25) is 4.79 Å². The first-order valence-corrected chi connectivity index (χ1v) is 3.84. The molecule has 1 saturated heterocycles. The molecule has 4 heteroatoms.